The molecule has 1 N–H and O–H groups in total. The second-order valence-corrected chi connectivity index (χ2v) is 6.64. The highest BCUT2D eigenvalue weighted by molar-refractivity contribution is 5.80. The fourth-order valence-electron chi connectivity index (χ4n) is 3.00. The van der Waals surface area contributed by atoms with Crippen LogP contribution in [-0.2, 0) is 11.3 Å². The van der Waals surface area contributed by atoms with E-state index in [4.69, 9.17) is 4.74 Å². The Bertz CT molecular complexity index is 701. The molecule has 0 aliphatic rings. The molecule has 0 aliphatic heterocycles. The first-order valence-corrected chi connectivity index (χ1v) is 9.29. The van der Waals surface area contributed by atoms with Crippen molar-refractivity contribution in [2.45, 2.75) is 47.3 Å². The monoisotopic (exact) mass is 354 g/mol. The lowest BCUT2D eigenvalue weighted by Gasteiger charge is -2.21. The second kappa shape index (κ2) is 9.27. The molecule has 0 aromatic heterocycles. The van der Waals surface area contributed by atoms with Crippen LogP contribution in [0, 0.1) is 13.8 Å². The molecular weight excluding hydrogens is 324 g/mol. The normalized spacial score (nSPS) is 11.7. The minimum absolute atomic E-state index is 0.114. The van der Waals surface area contributed by atoms with E-state index >= 15 is 0 Å². The lowest BCUT2D eigenvalue weighted by Crippen LogP contribution is -2.35. The van der Waals surface area contributed by atoms with Crippen molar-refractivity contribution in [3.8, 4) is 5.75 Å². The molecule has 1 atom stereocenters. The molecule has 4 heteroatoms. The predicted octanol–water partition coefficient (Wildman–Crippen LogP) is 4.23. The molecule has 0 saturated carbocycles. The third-order valence-electron chi connectivity index (χ3n) is 4.41. The van der Waals surface area contributed by atoms with Gasteiger partial charge in [0.15, 0.2) is 6.10 Å². The second-order valence-electron chi connectivity index (χ2n) is 6.64. The first-order chi connectivity index (χ1) is 12.4. The summed E-state index contributed by atoms with van der Waals surface area (Å²) in [7, 11) is 0. The Kier molecular flexibility index (Phi) is 7.07. The van der Waals surface area contributed by atoms with E-state index in [0.717, 1.165) is 35.5 Å². The Morgan fingerprint density at radius 1 is 1.04 bits per heavy atom. The Hall–Kier alpha value is -2.49. The number of hydrogen-bond donors (Lipinski definition) is 1. The highest BCUT2D eigenvalue weighted by Crippen LogP contribution is 2.18. The molecule has 4 nitrogen and oxygen atoms in total. The average molecular weight is 354 g/mol. The summed E-state index contributed by atoms with van der Waals surface area (Å²) in [6.07, 6.45) is -0.536. The van der Waals surface area contributed by atoms with Gasteiger partial charge in [-0.3, -0.25) is 4.79 Å². The van der Waals surface area contributed by atoms with Crippen molar-refractivity contribution in [2.24, 2.45) is 0 Å². The summed E-state index contributed by atoms with van der Waals surface area (Å²) in [5.74, 6) is 0.616. The van der Waals surface area contributed by atoms with E-state index in [1.54, 1.807) is 6.92 Å². The molecule has 0 radical (unpaired) electrons. The van der Waals surface area contributed by atoms with Crippen LogP contribution in [0.5, 0.6) is 5.75 Å². The minimum Gasteiger partial charge on any atom is -0.481 e. The molecule has 0 saturated heterocycles. The van der Waals surface area contributed by atoms with Crippen LogP contribution in [0.1, 0.15) is 37.5 Å². The van der Waals surface area contributed by atoms with Crippen LogP contribution in [0.25, 0.3) is 0 Å². The van der Waals surface area contributed by atoms with Gasteiger partial charge in [0.25, 0.3) is 5.91 Å². The lowest BCUT2D eigenvalue weighted by atomic mass is 10.1. The molecule has 1 amide bonds. The van der Waals surface area contributed by atoms with Gasteiger partial charge in [0.1, 0.15) is 5.75 Å². The highest BCUT2D eigenvalue weighted by Gasteiger charge is 2.14. The Morgan fingerprint density at radius 2 is 1.62 bits per heavy atom. The molecule has 140 valence electrons. The standard InChI is InChI=1S/C22H30N2O2/c1-6-24(7-2)20-10-8-19(9-11-20)15-23-22(25)18(5)26-21-13-16(3)12-17(4)14-21/h8-14,18H,6-7,15H2,1-5H3,(H,23,25)/t18-/m0/s1. The van der Waals surface area contributed by atoms with Gasteiger partial charge in [-0.15, -0.1) is 0 Å². The van der Waals surface area contributed by atoms with Crippen LogP contribution in [0.3, 0.4) is 0 Å². The summed E-state index contributed by atoms with van der Waals surface area (Å²) < 4.78 is 5.79. The van der Waals surface area contributed by atoms with E-state index in [-0.39, 0.29) is 5.91 Å². The molecule has 0 heterocycles. The predicted molar refractivity (Wildman–Crippen MR) is 108 cm³/mol. The summed E-state index contributed by atoms with van der Waals surface area (Å²) >= 11 is 0. The number of hydrogen-bond acceptors (Lipinski definition) is 3. The summed E-state index contributed by atoms with van der Waals surface area (Å²) in [5.41, 5.74) is 4.53. The topological polar surface area (TPSA) is 41.6 Å². The fraction of sp³-hybridized carbons (Fsp3) is 0.409. The van der Waals surface area contributed by atoms with E-state index in [0.29, 0.717) is 6.54 Å². The van der Waals surface area contributed by atoms with Crippen LogP contribution in [0.4, 0.5) is 5.69 Å². The fourth-order valence-corrected chi connectivity index (χ4v) is 3.00. The quantitative estimate of drug-likeness (QED) is 0.771. The molecule has 2 rings (SSSR count). The van der Waals surface area contributed by atoms with Crippen molar-refractivity contribution in [3.63, 3.8) is 0 Å². The van der Waals surface area contributed by atoms with Crippen molar-refractivity contribution < 1.29 is 9.53 Å². The average Bonchev–Trinajstić information content (AvgIpc) is 2.60. The van der Waals surface area contributed by atoms with Crippen molar-refractivity contribution in [1.82, 2.24) is 5.32 Å². The van der Waals surface area contributed by atoms with Crippen LogP contribution >= 0.6 is 0 Å². The van der Waals surface area contributed by atoms with Gasteiger partial charge in [-0.25, -0.2) is 0 Å². The van der Waals surface area contributed by atoms with Gasteiger partial charge in [-0.2, -0.15) is 0 Å². The smallest absolute Gasteiger partial charge is 0.261 e. The third kappa shape index (κ3) is 5.51. The van der Waals surface area contributed by atoms with Gasteiger partial charge in [-0.1, -0.05) is 18.2 Å². The zero-order chi connectivity index (χ0) is 19.1. The number of carbonyl (C=O) groups is 1. The van der Waals surface area contributed by atoms with Crippen molar-refractivity contribution in [1.29, 1.82) is 0 Å². The molecule has 0 unspecified atom stereocenters. The van der Waals surface area contributed by atoms with Gasteiger partial charge in [0.2, 0.25) is 0 Å². The number of benzene rings is 2. The van der Waals surface area contributed by atoms with E-state index in [9.17, 15) is 4.79 Å². The van der Waals surface area contributed by atoms with Gasteiger partial charge in [-0.05, 0) is 75.6 Å². The molecule has 0 aliphatic carbocycles. The number of nitrogens with zero attached hydrogens (tertiary/aromatic N) is 1. The van der Waals surface area contributed by atoms with E-state index in [2.05, 4.69) is 54.4 Å². The number of nitrogens with one attached hydrogen (secondary N) is 1. The minimum atomic E-state index is -0.536. The molecule has 0 spiro atoms. The Morgan fingerprint density at radius 3 is 2.15 bits per heavy atom. The summed E-state index contributed by atoms with van der Waals surface area (Å²) in [6, 6.07) is 14.3. The first kappa shape index (κ1) is 19.8. The maximum atomic E-state index is 12.3. The van der Waals surface area contributed by atoms with Crippen LogP contribution in [0.15, 0.2) is 42.5 Å². The largest absolute Gasteiger partial charge is 0.481 e. The van der Waals surface area contributed by atoms with Gasteiger partial charge < -0.3 is 15.0 Å². The number of carbonyl (C=O) groups excluding carboxylic acids is 1. The molecule has 2 aromatic carbocycles. The molecule has 0 fully saturated rings. The maximum absolute atomic E-state index is 12.3. The van der Waals surface area contributed by atoms with E-state index in [1.807, 2.05) is 26.0 Å². The zero-order valence-corrected chi connectivity index (χ0v) is 16.5. The summed E-state index contributed by atoms with van der Waals surface area (Å²) in [4.78, 5) is 14.6. The van der Waals surface area contributed by atoms with Crippen molar-refractivity contribution >= 4 is 11.6 Å². The Labute approximate surface area is 157 Å². The Balaban J connectivity index is 1.89. The maximum Gasteiger partial charge on any atom is 0.261 e. The number of aryl methyl sites for hydroxylation is 2. The van der Waals surface area contributed by atoms with E-state index < -0.39 is 6.10 Å². The summed E-state index contributed by atoms with van der Waals surface area (Å²) in [6.45, 7) is 12.6. The number of amides is 1. The number of ether oxygens (including phenoxy) is 1. The lowest BCUT2D eigenvalue weighted by molar-refractivity contribution is -0.127. The molecule has 2 aromatic rings. The van der Waals surface area contributed by atoms with Gasteiger partial charge in [0, 0.05) is 25.3 Å². The van der Waals surface area contributed by atoms with E-state index in [1.165, 1.54) is 5.69 Å². The summed E-state index contributed by atoms with van der Waals surface area (Å²) in [5, 5.41) is 2.95. The molecule has 26 heavy (non-hydrogen) atoms. The molecular formula is C22H30N2O2. The highest BCUT2D eigenvalue weighted by atomic mass is 16.5. The number of rotatable bonds is 8. The van der Waals surface area contributed by atoms with Crippen LogP contribution < -0.4 is 15.0 Å². The zero-order valence-electron chi connectivity index (χ0n) is 16.5. The van der Waals surface area contributed by atoms with Crippen LogP contribution in [0.2, 0.25) is 0 Å². The SMILES string of the molecule is CCN(CC)c1ccc(CNC(=O)[C@H](C)Oc2cc(C)cc(C)c2)cc1. The third-order valence-corrected chi connectivity index (χ3v) is 4.41. The van der Waals surface area contributed by atoms with Crippen molar-refractivity contribution in [2.75, 3.05) is 18.0 Å². The first-order valence-electron chi connectivity index (χ1n) is 9.29. The number of anilines is 1. The van der Waals surface area contributed by atoms with Gasteiger partial charge in [0.05, 0.1) is 0 Å². The van der Waals surface area contributed by atoms with Gasteiger partial charge >= 0.3 is 0 Å². The van der Waals surface area contributed by atoms with Crippen LogP contribution in [-0.4, -0.2) is 25.1 Å². The molecule has 0 bridgehead atoms. The van der Waals surface area contributed by atoms with Crippen molar-refractivity contribution in [3.05, 3.63) is 59.2 Å².